The van der Waals surface area contributed by atoms with Gasteiger partial charge in [0.2, 0.25) is 10.0 Å². The van der Waals surface area contributed by atoms with E-state index in [9.17, 15) is 13.2 Å². The molecule has 3 unspecified atom stereocenters. The first-order chi connectivity index (χ1) is 15.6. The quantitative estimate of drug-likeness (QED) is 0.701. The van der Waals surface area contributed by atoms with Crippen molar-refractivity contribution in [1.29, 1.82) is 0 Å². The molecule has 0 saturated carbocycles. The number of anilines is 1. The van der Waals surface area contributed by atoms with Crippen LogP contribution >= 0.6 is 0 Å². The summed E-state index contributed by atoms with van der Waals surface area (Å²) in [6.07, 6.45) is 2.32. The molecule has 0 aliphatic carbocycles. The van der Waals surface area contributed by atoms with Gasteiger partial charge in [0.25, 0.3) is 5.91 Å². The van der Waals surface area contributed by atoms with Crippen LogP contribution in [0.15, 0.2) is 42.5 Å². The molecule has 7 nitrogen and oxygen atoms in total. The van der Waals surface area contributed by atoms with Gasteiger partial charge in [-0.25, -0.2) is 8.42 Å². The number of nitrogens with zero attached hydrogens (tertiary/aromatic N) is 2. The summed E-state index contributed by atoms with van der Waals surface area (Å²) in [5.74, 6) is -0.163. The van der Waals surface area contributed by atoms with Gasteiger partial charge in [0.05, 0.1) is 24.2 Å². The number of nitrogens with one attached hydrogen (secondary N) is 1. The van der Waals surface area contributed by atoms with Gasteiger partial charge >= 0.3 is 0 Å². The smallest absolute Gasteiger partial charge is 0.251 e. The first-order valence-corrected chi connectivity index (χ1v) is 13.3. The third-order valence-electron chi connectivity index (χ3n) is 6.23. The molecule has 33 heavy (non-hydrogen) atoms. The fraction of sp³-hybridized carbons (Fsp3) is 0.480. The Morgan fingerprint density at radius 1 is 1.03 bits per heavy atom. The summed E-state index contributed by atoms with van der Waals surface area (Å²) in [5, 5.41) is 2.97. The highest BCUT2D eigenvalue weighted by Gasteiger charge is 2.32. The van der Waals surface area contributed by atoms with E-state index in [0.29, 0.717) is 24.2 Å². The summed E-state index contributed by atoms with van der Waals surface area (Å²) in [6.45, 7) is 9.30. The molecule has 0 spiro atoms. The standard InChI is InChI=1S/C25H33N3O4S/c1-17-11-23-12-22(9-10-24(23)28(17)33(4,30)31)25(29)26-13-20-5-7-21(8-6-20)16-27-14-18(2)32-19(3)15-27/h5-10,12,17-19H,11,13-16H2,1-4H3,(H,26,29). The number of ether oxygens (including phenoxy) is 1. The molecular weight excluding hydrogens is 438 g/mol. The van der Waals surface area contributed by atoms with Crippen LogP contribution in [0.2, 0.25) is 0 Å². The van der Waals surface area contributed by atoms with Crippen LogP contribution in [-0.4, -0.2) is 56.8 Å². The minimum Gasteiger partial charge on any atom is -0.373 e. The zero-order valence-corrected chi connectivity index (χ0v) is 20.6. The minimum atomic E-state index is -3.34. The van der Waals surface area contributed by atoms with E-state index < -0.39 is 10.0 Å². The lowest BCUT2D eigenvalue weighted by atomic mass is 10.1. The van der Waals surface area contributed by atoms with E-state index in [-0.39, 0.29) is 24.2 Å². The second-order valence-electron chi connectivity index (χ2n) is 9.41. The molecule has 8 heteroatoms. The molecule has 178 valence electrons. The van der Waals surface area contributed by atoms with Gasteiger partial charge < -0.3 is 10.1 Å². The second kappa shape index (κ2) is 9.44. The molecule has 0 radical (unpaired) electrons. The van der Waals surface area contributed by atoms with Gasteiger partial charge in [-0.1, -0.05) is 24.3 Å². The van der Waals surface area contributed by atoms with Gasteiger partial charge in [-0.15, -0.1) is 0 Å². The van der Waals surface area contributed by atoms with E-state index in [1.807, 2.05) is 6.92 Å². The molecule has 3 atom stereocenters. The summed E-state index contributed by atoms with van der Waals surface area (Å²) >= 11 is 0. The van der Waals surface area contributed by atoms with Crippen molar-refractivity contribution in [3.63, 3.8) is 0 Å². The Labute approximate surface area is 196 Å². The van der Waals surface area contributed by atoms with Crippen LogP contribution in [0, 0.1) is 0 Å². The van der Waals surface area contributed by atoms with E-state index in [1.165, 1.54) is 16.1 Å². The van der Waals surface area contributed by atoms with Gasteiger partial charge in [0.15, 0.2) is 0 Å². The number of benzene rings is 2. The Hall–Kier alpha value is -2.42. The monoisotopic (exact) mass is 471 g/mol. The number of morpholine rings is 1. The maximum absolute atomic E-state index is 12.7. The Bertz CT molecular complexity index is 1110. The van der Waals surface area contributed by atoms with Crippen molar-refractivity contribution in [2.45, 2.75) is 58.5 Å². The van der Waals surface area contributed by atoms with Crippen LogP contribution in [0.25, 0.3) is 0 Å². The maximum Gasteiger partial charge on any atom is 0.251 e. The van der Waals surface area contributed by atoms with Gasteiger partial charge in [0, 0.05) is 37.8 Å². The Kier molecular flexibility index (Phi) is 6.79. The van der Waals surface area contributed by atoms with E-state index in [2.05, 4.69) is 48.3 Å². The first-order valence-electron chi connectivity index (χ1n) is 11.5. The Morgan fingerprint density at radius 3 is 2.30 bits per heavy atom. The highest BCUT2D eigenvalue weighted by atomic mass is 32.2. The van der Waals surface area contributed by atoms with E-state index in [1.54, 1.807) is 18.2 Å². The summed E-state index contributed by atoms with van der Waals surface area (Å²) in [7, 11) is -3.34. The third-order valence-corrected chi connectivity index (χ3v) is 7.50. The number of carbonyl (C=O) groups excluding carboxylic acids is 1. The largest absolute Gasteiger partial charge is 0.373 e. The number of fused-ring (bicyclic) bond motifs is 1. The van der Waals surface area contributed by atoms with Crippen LogP contribution in [0.4, 0.5) is 5.69 Å². The SMILES string of the molecule is CC1CN(Cc2ccc(CNC(=O)c3ccc4c(c3)CC(C)N4S(C)(=O)=O)cc2)CC(C)O1. The summed E-state index contributed by atoms with van der Waals surface area (Å²) < 4.78 is 31.4. The predicted molar refractivity (Wildman–Crippen MR) is 130 cm³/mol. The van der Waals surface area contributed by atoms with E-state index in [0.717, 1.165) is 30.8 Å². The summed E-state index contributed by atoms with van der Waals surface area (Å²) in [5.41, 5.74) is 4.38. The molecule has 2 heterocycles. The number of sulfonamides is 1. The van der Waals surface area contributed by atoms with Gasteiger partial charge in [0.1, 0.15) is 0 Å². The van der Waals surface area contributed by atoms with Crippen molar-refractivity contribution in [2.24, 2.45) is 0 Å². The summed E-state index contributed by atoms with van der Waals surface area (Å²) in [6, 6.07) is 13.4. The molecule has 1 saturated heterocycles. The second-order valence-corrected chi connectivity index (χ2v) is 11.3. The van der Waals surface area contributed by atoms with Crippen LogP contribution < -0.4 is 9.62 Å². The van der Waals surface area contributed by atoms with Gasteiger partial charge in [-0.2, -0.15) is 0 Å². The third kappa shape index (κ3) is 5.57. The Morgan fingerprint density at radius 2 is 1.67 bits per heavy atom. The van der Waals surface area contributed by atoms with Crippen LogP contribution in [-0.2, 0) is 34.3 Å². The molecule has 2 aromatic rings. The number of amides is 1. The number of hydrogen-bond acceptors (Lipinski definition) is 5. The maximum atomic E-state index is 12.7. The topological polar surface area (TPSA) is 79.0 Å². The van der Waals surface area contributed by atoms with Crippen LogP contribution in [0.1, 0.15) is 47.8 Å². The highest BCUT2D eigenvalue weighted by molar-refractivity contribution is 7.92. The fourth-order valence-corrected chi connectivity index (χ4v) is 6.23. The van der Waals surface area contributed by atoms with Crippen LogP contribution in [0.5, 0.6) is 0 Å². The average Bonchev–Trinajstić information content (AvgIpc) is 3.07. The predicted octanol–water partition coefficient (Wildman–Crippen LogP) is 2.94. The van der Waals surface area contributed by atoms with E-state index in [4.69, 9.17) is 4.74 Å². The van der Waals surface area contributed by atoms with Crippen molar-refractivity contribution >= 4 is 21.6 Å². The van der Waals surface area contributed by atoms with Crippen molar-refractivity contribution in [1.82, 2.24) is 10.2 Å². The number of rotatable bonds is 6. The van der Waals surface area contributed by atoms with Crippen molar-refractivity contribution in [3.8, 4) is 0 Å². The molecule has 1 N–H and O–H groups in total. The normalized spacial score (nSPS) is 23.4. The molecule has 4 rings (SSSR count). The molecule has 1 fully saturated rings. The van der Waals surface area contributed by atoms with Crippen molar-refractivity contribution in [2.75, 3.05) is 23.7 Å². The molecular formula is C25H33N3O4S. The zero-order chi connectivity index (χ0) is 23.8. The molecule has 0 aromatic heterocycles. The van der Waals surface area contributed by atoms with Gasteiger partial charge in [-0.05, 0) is 62.1 Å². The lowest BCUT2D eigenvalue weighted by Crippen LogP contribution is -2.44. The molecule has 0 bridgehead atoms. The van der Waals surface area contributed by atoms with Crippen LogP contribution in [0.3, 0.4) is 0 Å². The lowest BCUT2D eigenvalue weighted by molar-refractivity contribution is -0.0704. The molecule has 1 amide bonds. The van der Waals surface area contributed by atoms with Gasteiger partial charge in [-0.3, -0.25) is 14.0 Å². The number of hydrogen-bond donors (Lipinski definition) is 1. The minimum absolute atomic E-state index is 0.143. The number of carbonyl (C=O) groups is 1. The molecule has 2 aromatic carbocycles. The fourth-order valence-electron chi connectivity index (χ4n) is 4.97. The zero-order valence-electron chi connectivity index (χ0n) is 19.7. The highest BCUT2D eigenvalue weighted by Crippen LogP contribution is 2.34. The first kappa shape index (κ1) is 23.7. The summed E-state index contributed by atoms with van der Waals surface area (Å²) in [4.78, 5) is 15.1. The van der Waals surface area contributed by atoms with E-state index >= 15 is 0 Å². The van der Waals surface area contributed by atoms with Crippen molar-refractivity contribution < 1.29 is 17.9 Å². The Balaban J connectivity index is 1.34. The average molecular weight is 472 g/mol. The molecule has 2 aliphatic rings. The molecule has 2 aliphatic heterocycles. The lowest BCUT2D eigenvalue weighted by Gasteiger charge is -2.35. The van der Waals surface area contributed by atoms with Crippen molar-refractivity contribution in [3.05, 3.63) is 64.7 Å².